The van der Waals surface area contributed by atoms with Gasteiger partial charge in [-0.05, 0) is 45.4 Å². The quantitative estimate of drug-likeness (QED) is 0.663. The van der Waals surface area contributed by atoms with Crippen LogP contribution in [0.5, 0.6) is 0 Å². The molecule has 0 bridgehead atoms. The van der Waals surface area contributed by atoms with Gasteiger partial charge < -0.3 is 25.2 Å². The van der Waals surface area contributed by atoms with Gasteiger partial charge in [0.15, 0.2) is 5.69 Å². The molecule has 1 atom stereocenters. The van der Waals surface area contributed by atoms with Gasteiger partial charge in [0.25, 0.3) is 5.91 Å². The number of amides is 2. The largest absolute Gasteiger partial charge is 0.383 e. The smallest absolute Gasteiger partial charge is 0.276 e. The summed E-state index contributed by atoms with van der Waals surface area (Å²) in [6, 6.07) is 1.92. The maximum atomic E-state index is 13.1. The fourth-order valence-corrected chi connectivity index (χ4v) is 3.85. The normalized spacial score (nSPS) is 23.2. The van der Waals surface area contributed by atoms with Crippen molar-refractivity contribution in [1.82, 2.24) is 15.4 Å². The molecule has 0 spiro atoms. The predicted octanol–water partition coefficient (Wildman–Crippen LogP) is 1.81. The minimum Gasteiger partial charge on any atom is -0.383 e. The Kier molecular flexibility index (Phi) is 7.07. The Labute approximate surface area is 166 Å². The molecule has 0 radical (unpaired) electrons. The number of nitrogens with two attached hydrogens (primary N) is 1. The Morgan fingerprint density at radius 3 is 2.64 bits per heavy atom. The minimum absolute atomic E-state index is 0.000896. The molecule has 28 heavy (non-hydrogen) atoms. The van der Waals surface area contributed by atoms with Crippen molar-refractivity contribution in [2.75, 3.05) is 20.3 Å². The molecule has 2 fully saturated rings. The Morgan fingerprint density at radius 2 is 2.04 bits per heavy atom. The first-order valence-corrected chi connectivity index (χ1v) is 10.3. The molecule has 156 valence electrons. The molecule has 2 saturated carbocycles. The molecule has 0 unspecified atom stereocenters. The van der Waals surface area contributed by atoms with Crippen molar-refractivity contribution in [3.8, 4) is 0 Å². The summed E-state index contributed by atoms with van der Waals surface area (Å²) in [5.41, 5.74) is 6.07. The maximum Gasteiger partial charge on any atom is 0.276 e. The molecule has 1 aromatic heterocycles. The van der Waals surface area contributed by atoms with Crippen molar-refractivity contribution in [2.45, 2.75) is 75.9 Å². The van der Waals surface area contributed by atoms with Gasteiger partial charge in [-0.1, -0.05) is 5.16 Å². The van der Waals surface area contributed by atoms with E-state index in [1.54, 1.807) is 13.2 Å². The van der Waals surface area contributed by atoms with E-state index in [0.717, 1.165) is 44.3 Å². The van der Waals surface area contributed by atoms with E-state index in [0.29, 0.717) is 31.2 Å². The molecule has 0 aromatic carbocycles. The van der Waals surface area contributed by atoms with Gasteiger partial charge in [0.1, 0.15) is 5.76 Å². The summed E-state index contributed by atoms with van der Waals surface area (Å²) in [5, 5.41) is 7.07. The minimum atomic E-state index is -0.138. The summed E-state index contributed by atoms with van der Waals surface area (Å²) < 4.78 is 10.6. The highest BCUT2D eigenvalue weighted by Gasteiger charge is 2.33. The lowest BCUT2D eigenvalue weighted by atomic mass is 9.89. The van der Waals surface area contributed by atoms with Gasteiger partial charge in [-0.3, -0.25) is 9.59 Å². The Balaban J connectivity index is 1.57. The lowest BCUT2D eigenvalue weighted by Gasteiger charge is -2.36. The van der Waals surface area contributed by atoms with Crippen molar-refractivity contribution in [2.24, 2.45) is 5.73 Å². The van der Waals surface area contributed by atoms with Crippen LogP contribution in [0.4, 0.5) is 0 Å². The van der Waals surface area contributed by atoms with E-state index < -0.39 is 0 Å². The molecule has 8 nitrogen and oxygen atoms in total. The number of ether oxygens (including phenoxy) is 1. The van der Waals surface area contributed by atoms with E-state index in [4.69, 9.17) is 15.0 Å². The fraction of sp³-hybridized carbons (Fsp3) is 0.750. The molecule has 2 aliphatic carbocycles. The molecule has 1 aromatic rings. The van der Waals surface area contributed by atoms with Crippen LogP contribution in [0, 0.1) is 0 Å². The van der Waals surface area contributed by atoms with Crippen LogP contribution in [0.1, 0.15) is 74.0 Å². The highest BCUT2D eigenvalue weighted by molar-refractivity contribution is 5.92. The van der Waals surface area contributed by atoms with Crippen molar-refractivity contribution >= 4 is 11.8 Å². The van der Waals surface area contributed by atoms with Crippen LogP contribution in [0.2, 0.25) is 0 Å². The van der Waals surface area contributed by atoms with E-state index in [2.05, 4.69) is 10.5 Å². The SMILES string of the molecule is COCCN(C(=O)c1cc(C2CC2)on1)C1CCC(NC(=O)C[C@H](C)N)CC1. The summed E-state index contributed by atoms with van der Waals surface area (Å²) >= 11 is 0. The van der Waals surface area contributed by atoms with E-state index in [1.165, 1.54) is 0 Å². The summed E-state index contributed by atoms with van der Waals surface area (Å²) in [6.07, 6.45) is 5.92. The standard InChI is InChI=1S/C20H32N4O4/c1-13(21)11-19(25)22-15-5-7-16(8-6-15)24(9-10-27-2)20(26)17-12-18(28-23-17)14-3-4-14/h12-16H,3-11,21H2,1-2H3,(H,22,25)/t13-,15?,16?/m0/s1. The lowest BCUT2D eigenvalue weighted by Crippen LogP contribution is -2.47. The van der Waals surface area contributed by atoms with Gasteiger partial charge in [-0.25, -0.2) is 0 Å². The Morgan fingerprint density at radius 1 is 1.32 bits per heavy atom. The third-order valence-electron chi connectivity index (χ3n) is 5.53. The summed E-state index contributed by atoms with van der Waals surface area (Å²) in [4.78, 5) is 26.9. The topological polar surface area (TPSA) is 111 Å². The van der Waals surface area contributed by atoms with Crippen LogP contribution in [-0.2, 0) is 9.53 Å². The Hall–Kier alpha value is -1.93. The molecule has 2 amide bonds. The predicted molar refractivity (Wildman–Crippen MR) is 104 cm³/mol. The average molecular weight is 393 g/mol. The third kappa shape index (κ3) is 5.54. The molecular weight excluding hydrogens is 360 g/mol. The van der Waals surface area contributed by atoms with Gasteiger partial charge in [0.05, 0.1) is 6.61 Å². The van der Waals surface area contributed by atoms with Gasteiger partial charge in [-0.15, -0.1) is 0 Å². The fourth-order valence-electron chi connectivity index (χ4n) is 3.85. The van der Waals surface area contributed by atoms with Crippen LogP contribution in [0.15, 0.2) is 10.6 Å². The number of aromatic nitrogens is 1. The summed E-state index contributed by atoms with van der Waals surface area (Å²) in [7, 11) is 1.63. The summed E-state index contributed by atoms with van der Waals surface area (Å²) in [5.74, 6) is 1.14. The number of hydrogen-bond donors (Lipinski definition) is 2. The zero-order chi connectivity index (χ0) is 20.1. The van der Waals surface area contributed by atoms with Crippen LogP contribution >= 0.6 is 0 Å². The van der Waals surface area contributed by atoms with Crippen LogP contribution in [0.25, 0.3) is 0 Å². The Bertz CT molecular complexity index is 663. The van der Waals surface area contributed by atoms with Crippen molar-refractivity contribution in [3.05, 3.63) is 17.5 Å². The number of nitrogens with zero attached hydrogens (tertiary/aromatic N) is 2. The highest BCUT2D eigenvalue weighted by atomic mass is 16.5. The number of hydrogen-bond acceptors (Lipinski definition) is 6. The van der Waals surface area contributed by atoms with Crippen molar-refractivity contribution < 1.29 is 18.8 Å². The summed E-state index contributed by atoms with van der Waals surface area (Å²) in [6.45, 7) is 2.83. The number of rotatable bonds is 9. The number of nitrogens with one attached hydrogen (secondary N) is 1. The molecule has 1 heterocycles. The van der Waals surface area contributed by atoms with E-state index in [9.17, 15) is 9.59 Å². The average Bonchev–Trinajstić information content (AvgIpc) is 3.39. The second kappa shape index (κ2) is 9.52. The molecule has 0 saturated heterocycles. The number of carbonyl (C=O) groups is 2. The van der Waals surface area contributed by atoms with Crippen LogP contribution in [-0.4, -0.2) is 60.3 Å². The molecule has 0 aliphatic heterocycles. The van der Waals surface area contributed by atoms with Crippen molar-refractivity contribution in [3.63, 3.8) is 0 Å². The molecular formula is C20H32N4O4. The molecule has 3 rings (SSSR count). The highest BCUT2D eigenvalue weighted by Crippen LogP contribution is 2.40. The van der Waals surface area contributed by atoms with E-state index in [1.807, 2.05) is 11.8 Å². The zero-order valence-electron chi connectivity index (χ0n) is 16.9. The van der Waals surface area contributed by atoms with Gasteiger partial charge in [0.2, 0.25) is 5.91 Å². The molecule has 8 heteroatoms. The van der Waals surface area contributed by atoms with Gasteiger partial charge in [0, 0.05) is 50.2 Å². The molecule has 2 aliphatic rings. The van der Waals surface area contributed by atoms with Gasteiger partial charge in [-0.2, -0.15) is 0 Å². The third-order valence-corrected chi connectivity index (χ3v) is 5.53. The van der Waals surface area contributed by atoms with Crippen LogP contribution < -0.4 is 11.1 Å². The number of methoxy groups -OCH3 is 1. The van der Waals surface area contributed by atoms with Gasteiger partial charge >= 0.3 is 0 Å². The van der Waals surface area contributed by atoms with E-state index >= 15 is 0 Å². The first-order valence-electron chi connectivity index (χ1n) is 10.3. The number of carbonyl (C=O) groups excluding carboxylic acids is 2. The van der Waals surface area contributed by atoms with Crippen molar-refractivity contribution in [1.29, 1.82) is 0 Å². The maximum absolute atomic E-state index is 13.1. The van der Waals surface area contributed by atoms with E-state index in [-0.39, 0.29) is 29.9 Å². The second-order valence-corrected chi connectivity index (χ2v) is 8.13. The first kappa shape index (κ1) is 20.8. The zero-order valence-corrected chi connectivity index (χ0v) is 16.9. The lowest BCUT2D eigenvalue weighted by molar-refractivity contribution is -0.122. The monoisotopic (exact) mass is 392 g/mol. The first-order chi connectivity index (χ1) is 13.5. The van der Waals surface area contributed by atoms with Crippen LogP contribution in [0.3, 0.4) is 0 Å². The second-order valence-electron chi connectivity index (χ2n) is 8.13. The molecule has 3 N–H and O–H groups in total.